The molecule has 2 heterocycles. The third-order valence-electron chi connectivity index (χ3n) is 4.62. The molecule has 0 bridgehead atoms. The molecule has 0 aromatic rings. The van der Waals surface area contributed by atoms with Crippen molar-refractivity contribution >= 4 is 11.8 Å². The van der Waals surface area contributed by atoms with E-state index >= 15 is 0 Å². The van der Waals surface area contributed by atoms with E-state index < -0.39 is 0 Å². The lowest BCUT2D eigenvalue weighted by molar-refractivity contribution is 0.0474. The van der Waals surface area contributed by atoms with Crippen molar-refractivity contribution in [2.75, 3.05) is 24.6 Å². The number of thioether (sulfide) groups is 1. The number of piperazine rings is 1. The van der Waals surface area contributed by atoms with Crippen LogP contribution in [0.5, 0.6) is 0 Å². The van der Waals surface area contributed by atoms with E-state index in [1.165, 1.54) is 50.3 Å². The second-order valence-electron chi connectivity index (χ2n) is 5.90. The van der Waals surface area contributed by atoms with Gasteiger partial charge in [-0.05, 0) is 38.4 Å². The lowest BCUT2D eigenvalue weighted by Gasteiger charge is -2.49. The molecule has 0 aliphatic carbocycles. The summed E-state index contributed by atoms with van der Waals surface area (Å²) in [5.41, 5.74) is 0.341. The Hall–Kier alpha value is 0.270. The van der Waals surface area contributed by atoms with Crippen LogP contribution in [0.3, 0.4) is 0 Å². The SMILES string of the molecule is CCC1CNC(C)(CC)CN1C1CCCSC1. The summed E-state index contributed by atoms with van der Waals surface area (Å²) in [7, 11) is 0. The van der Waals surface area contributed by atoms with Crippen LogP contribution >= 0.6 is 11.8 Å². The van der Waals surface area contributed by atoms with Crippen LogP contribution in [0.1, 0.15) is 46.5 Å². The molecular weight excluding hydrogens is 228 g/mol. The van der Waals surface area contributed by atoms with Gasteiger partial charge < -0.3 is 5.32 Å². The van der Waals surface area contributed by atoms with Crippen LogP contribution in [0.4, 0.5) is 0 Å². The van der Waals surface area contributed by atoms with Crippen LogP contribution in [0.25, 0.3) is 0 Å². The summed E-state index contributed by atoms with van der Waals surface area (Å²) in [5, 5.41) is 3.77. The summed E-state index contributed by atoms with van der Waals surface area (Å²) in [6.45, 7) is 9.47. The van der Waals surface area contributed by atoms with Gasteiger partial charge >= 0.3 is 0 Å². The summed E-state index contributed by atoms with van der Waals surface area (Å²) >= 11 is 2.15. The Labute approximate surface area is 111 Å². The van der Waals surface area contributed by atoms with Gasteiger partial charge in [-0.3, -0.25) is 4.90 Å². The molecule has 2 rings (SSSR count). The molecule has 1 N–H and O–H groups in total. The van der Waals surface area contributed by atoms with Crippen LogP contribution in [-0.2, 0) is 0 Å². The highest BCUT2D eigenvalue weighted by Crippen LogP contribution is 2.28. The van der Waals surface area contributed by atoms with Crippen LogP contribution in [0.2, 0.25) is 0 Å². The van der Waals surface area contributed by atoms with Crippen molar-refractivity contribution in [3.05, 3.63) is 0 Å². The molecule has 0 aromatic heterocycles. The van der Waals surface area contributed by atoms with E-state index in [0.29, 0.717) is 5.54 Å². The van der Waals surface area contributed by atoms with Gasteiger partial charge in [-0.1, -0.05) is 13.8 Å². The van der Waals surface area contributed by atoms with Crippen molar-refractivity contribution in [3.8, 4) is 0 Å². The first kappa shape index (κ1) is 13.7. The van der Waals surface area contributed by atoms with Gasteiger partial charge in [-0.2, -0.15) is 11.8 Å². The zero-order valence-corrected chi connectivity index (χ0v) is 12.5. The van der Waals surface area contributed by atoms with E-state index in [-0.39, 0.29) is 0 Å². The third kappa shape index (κ3) is 3.18. The second-order valence-corrected chi connectivity index (χ2v) is 7.05. The standard InChI is InChI=1S/C14H28N2S/c1-4-12-9-15-14(3,5-2)11-16(12)13-7-6-8-17-10-13/h12-13,15H,4-11H2,1-3H3. The molecular formula is C14H28N2S. The van der Waals surface area contributed by atoms with E-state index in [4.69, 9.17) is 0 Å². The second kappa shape index (κ2) is 5.94. The van der Waals surface area contributed by atoms with E-state index in [0.717, 1.165) is 12.1 Å². The molecule has 0 spiro atoms. The summed E-state index contributed by atoms with van der Waals surface area (Å²) in [5.74, 6) is 2.74. The zero-order valence-electron chi connectivity index (χ0n) is 11.7. The zero-order chi connectivity index (χ0) is 12.3. The molecule has 3 unspecified atom stereocenters. The van der Waals surface area contributed by atoms with Gasteiger partial charge in [0.1, 0.15) is 0 Å². The maximum atomic E-state index is 3.77. The first-order valence-corrected chi connectivity index (χ1v) is 8.42. The monoisotopic (exact) mass is 256 g/mol. The van der Waals surface area contributed by atoms with E-state index in [1.54, 1.807) is 0 Å². The first-order chi connectivity index (χ1) is 8.18. The van der Waals surface area contributed by atoms with Crippen molar-refractivity contribution in [1.29, 1.82) is 0 Å². The molecule has 0 amide bonds. The highest BCUT2D eigenvalue weighted by molar-refractivity contribution is 7.99. The Morgan fingerprint density at radius 1 is 1.41 bits per heavy atom. The molecule has 0 aromatic carbocycles. The molecule has 2 aliphatic heterocycles. The molecule has 17 heavy (non-hydrogen) atoms. The van der Waals surface area contributed by atoms with Gasteiger partial charge in [0.2, 0.25) is 0 Å². The first-order valence-electron chi connectivity index (χ1n) is 7.27. The van der Waals surface area contributed by atoms with Gasteiger partial charge in [0, 0.05) is 36.5 Å². The highest BCUT2D eigenvalue weighted by Gasteiger charge is 2.37. The van der Waals surface area contributed by atoms with Crippen LogP contribution in [0.15, 0.2) is 0 Å². The van der Waals surface area contributed by atoms with Gasteiger partial charge in [-0.25, -0.2) is 0 Å². The summed E-state index contributed by atoms with van der Waals surface area (Å²) in [4.78, 5) is 2.83. The van der Waals surface area contributed by atoms with Crippen molar-refractivity contribution < 1.29 is 0 Å². The summed E-state index contributed by atoms with van der Waals surface area (Å²) in [6.07, 6.45) is 5.36. The molecule has 3 heteroatoms. The highest BCUT2D eigenvalue weighted by atomic mass is 32.2. The van der Waals surface area contributed by atoms with E-state index in [1.807, 2.05) is 0 Å². The Morgan fingerprint density at radius 2 is 2.24 bits per heavy atom. The quantitative estimate of drug-likeness (QED) is 0.836. The number of hydrogen-bond acceptors (Lipinski definition) is 3. The smallest absolute Gasteiger partial charge is 0.0278 e. The van der Waals surface area contributed by atoms with Gasteiger partial charge in [0.05, 0.1) is 0 Å². The predicted molar refractivity (Wildman–Crippen MR) is 77.8 cm³/mol. The van der Waals surface area contributed by atoms with Crippen molar-refractivity contribution in [2.24, 2.45) is 0 Å². The average Bonchev–Trinajstić information content (AvgIpc) is 2.40. The third-order valence-corrected chi connectivity index (χ3v) is 5.82. The van der Waals surface area contributed by atoms with Gasteiger partial charge in [-0.15, -0.1) is 0 Å². The number of rotatable bonds is 3. The minimum atomic E-state index is 0.341. The maximum Gasteiger partial charge on any atom is 0.0278 e. The fourth-order valence-corrected chi connectivity index (χ4v) is 4.27. The molecule has 3 atom stereocenters. The van der Waals surface area contributed by atoms with Crippen LogP contribution in [-0.4, -0.2) is 47.1 Å². The molecule has 2 fully saturated rings. The minimum Gasteiger partial charge on any atom is -0.309 e. The van der Waals surface area contributed by atoms with Crippen LogP contribution in [0, 0.1) is 0 Å². The lowest BCUT2D eigenvalue weighted by Crippen LogP contribution is -2.65. The topological polar surface area (TPSA) is 15.3 Å². The van der Waals surface area contributed by atoms with Crippen molar-refractivity contribution in [1.82, 2.24) is 10.2 Å². The Morgan fingerprint density at radius 3 is 2.82 bits per heavy atom. The minimum absolute atomic E-state index is 0.341. The fraction of sp³-hybridized carbons (Fsp3) is 1.00. The molecule has 2 aliphatic rings. The molecule has 0 saturated carbocycles. The van der Waals surface area contributed by atoms with Gasteiger partial charge in [0.25, 0.3) is 0 Å². The number of nitrogens with zero attached hydrogens (tertiary/aromatic N) is 1. The van der Waals surface area contributed by atoms with Gasteiger partial charge in [0.15, 0.2) is 0 Å². The van der Waals surface area contributed by atoms with Crippen LogP contribution < -0.4 is 5.32 Å². The largest absolute Gasteiger partial charge is 0.309 e. The van der Waals surface area contributed by atoms with E-state index in [2.05, 4.69) is 42.7 Å². The molecule has 2 nitrogen and oxygen atoms in total. The molecule has 100 valence electrons. The number of hydrogen-bond donors (Lipinski definition) is 1. The fourth-order valence-electron chi connectivity index (χ4n) is 3.10. The average molecular weight is 256 g/mol. The number of nitrogens with one attached hydrogen (secondary N) is 1. The maximum absolute atomic E-state index is 3.77. The molecule has 0 radical (unpaired) electrons. The normalized spacial score (nSPS) is 40.4. The Kier molecular flexibility index (Phi) is 4.79. The summed E-state index contributed by atoms with van der Waals surface area (Å²) < 4.78 is 0. The Balaban J connectivity index is 2.03. The molecule has 2 saturated heterocycles. The predicted octanol–water partition coefficient (Wildman–Crippen LogP) is 2.73. The summed E-state index contributed by atoms with van der Waals surface area (Å²) in [6, 6.07) is 1.60. The van der Waals surface area contributed by atoms with Crippen molar-refractivity contribution in [3.63, 3.8) is 0 Å². The Bertz CT molecular complexity index is 240. The van der Waals surface area contributed by atoms with E-state index in [9.17, 15) is 0 Å². The lowest BCUT2D eigenvalue weighted by atomic mass is 9.91. The van der Waals surface area contributed by atoms with Crippen molar-refractivity contribution in [2.45, 2.75) is 64.1 Å².